The summed E-state index contributed by atoms with van der Waals surface area (Å²) in [4.78, 5) is 31.7. The first kappa shape index (κ1) is 17.8. The lowest BCUT2D eigenvalue weighted by atomic mass is 10.0. The lowest BCUT2D eigenvalue weighted by Gasteiger charge is -2.06. The second-order valence-electron chi connectivity index (χ2n) is 5.52. The largest absolute Gasteiger partial charge is 0.496 e. The Morgan fingerprint density at radius 2 is 2.12 bits per heavy atom. The normalized spacial score (nSPS) is 10.6. The molecule has 0 aliphatic carbocycles. The average molecular weight is 373 g/mol. The third kappa shape index (κ3) is 3.50. The van der Waals surface area contributed by atoms with E-state index in [9.17, 15) is 14.0 Å². The summed E-state index contributed by atoms with van der Waals surface area (Å²) < 4.78 is 19.1. The number of carbonyl (C=O) groups is 2. The van der Waals surface area contributed by atoms with E-state index >= 15 is 0 Å². The zero-order valence-corrected chi connectivity index (χ0v) is 14.5. The van der Waals surface area contributed by atoms with Gasteiger partial charge in [-0.3, -0.25) is 14.6 Å². The number of hydrogen-bond donors (Lipinski definition) is 1. The molecule has 0 fully saturated rings. The summed E-state index contributed by atoms with van der Waals surface area (Å²) in [7, 11) is 1.51. The molecule has 5 nitrogen and oxygen atoms in total. The molecule has 0 amide bonds. The summed E-state index contributed by atoms with van der Waals surface area (Å²) in [5.74, 6) is -1.01. The number of methoxy groups -OCH3 is 1. The van der Waals surface area contributed by atoms with Gasteiger partial charge < -0.3 is 9.72 Å². The minimum Gasteiger partial charge on any atom is -0.496 e. The van der Waals surface area contributed by atoms with Gasteiger partial charge in [-0.05, 0) is 24.3 Å². The van der Waals surface area contributed by atoms with Crippen molar-refractivity contribution in [1.29, 1.82) is 0 Å². The Morgan fingerprint density at radius 1 is 1.31 bits per heavy atom. The number of H-pyrrole nitrogens is 1. The molecule has 0 spiro atoms. The Labute approximate surface area is 153 Å². The fourth-order valence-corrected chi connectivity index (χ4v) is 2.81. The molecule has 0 unspecified atom stereocenters. The van der Waals surface area contributed by atoms with Gasteiger partial charge in [0, 0.05) is 36.1 Å². The highest BCUT2D eigenvalue weighted by Crippen LogP contribution is 2.23. The Morgan fingerprint density at radius 3 is 2.85 bits per heavy atom. The number of ether oxygens (including phenoxy) is 1. The van der Waals surface area contributed by atoms with Crippen molar-refractivity contribution < 1.29 is 18.7 Å². The topological polar surface area (TPSA) is 72.0 Å². The molecule has 3 rings (SSSR count). The van der Waals surface area contributed by atoms with Gasteiger partial charge in [-0.1, -0.05) is 17.7 Å². The van der Waals surface area contributed by atoms with E-state index in [0.717, 1.165) is 6.07 Å². The highest BCUT2D eigenvalue weighted by Gasteiger charge is 2.20. The summed E-state index contributed by atoms with van der Waals surface area (Å²) in [6.45, 7) is 0. The summed E-state index contributed by atoms with van der Waals surface area (Å²) in [5.41, 5.74) is 0.783. The number of Topliss-reactive ketones (excluding diaryl/α,β-unsaturated/α-hetero) is 1. The van der Waals surface area contributed by atoms with Gasteiger partial charge in [-0.2, -0.15) is 0 Å². The third-order valence-electron chi connectivity index (χ3n) is 3.87. The molecule has 26 heavy (non-hydrogen) atoms. The van der Waals surface area contributed by atoms with E-state index in [1.54, 1.807) is 18.5 Å². The van der Waals surface area contributed by atoms with Crippen molar-refractivity contribution in [2.75, 3.05) is 7.11 Å². The van der Waals surface area contributed by atoms with Crippen molar-refractivity contribution in [3.8, 4) is 5.75 Å². The highest BCUT2D eigenvalue weighted by molar-refractivity contribution is 6.35. The van der Waals surface area contributed by atoms with Crippen molar-refractivity contribution >= 4 is 23.2 Å². The van der Waals surface area contributed by atoms with Crippen molar-refractivity contribution in [2.45, 2.75) is 6.42 Å². The first-order chi connectivity index (χ1) is 12.5. The van der Waals surface area contributed by atoms with Crippen molar-refractivity contribution in [2.24, 2.45) is 0 Å². The monoisotopic (exact) mass is 372 g/mol. The average Bonchev–Trinajstić information content (AvgIpc) is 3.12. The molecule has 2 aromatic heterocycles. The minimum absolute atomic E-state index is 0.0178. The fraction of sp³-hybridized carbons (Fsp3) is 0.105. The van der Waals surface area contributed by atoms with Crippen LogP contribution in [0.1, 0.15) is 32.0 Å². The number of rotatable bonds is 6. The van der Waals surface area contributed by atoms with Gasteiger partial charge in [0.25, 0.3) is 0 Å². The Balaban J connectivity index is 1.83. The van der Waals surface area contributed by atoms with Crippen LogP contribution < -0.4 is 4.74 Å². The lowest BCUT2D eigenvalue weighted by molar-refractivity contribution is 0.0987. The molecule has 0 radical (unpaired) electrons. The molecule has 0 saturated heterocycles. The Hall–Kier alpha value is -2.99. The number of hydrogen-bond acceptors (Lipinski definition) is 4. The van der Waals surface area contributed by atoms with Crippen LogP contribution in [0.25, 0.3) is 0 Å². The van der Waals surface area contributed by atoms with E-state index < -0.39 is 11.6 Å². The van der Waals surface area contributed by atoms with Crippen LogP contribution in [-0.2, 0) is 6.42 Å². The van der Waals surface area contributed by atoms with Gasteiger partial charge in [0.2, 0.25) is 0 Å². The van der Waals surface area contributed by atoms with Gasteiger partial charge >= 0.3 is 0 Å². The number of halogens is 2. The summed E-state index contributed by atoms with van der Waals surface area (Å²) in [5, 5.41) is 0.0178. The number of aromatic nitrogens is 2. The smallest absolute Gasteiger partial charge is 0.199 e. The van der Waals surface area contributed by atoms with E-state index in [0.29, 0.717) is 11.3 Å². The van der Waals surface area contributed by atoms with Gasteiger partial charge in [0.05, 0.1) is 23.4 Å². The zero-order valence-electron chi connectivity index (χ0n) is 13.8. The second kappa shape index (κ2) is 7.49. The summed E-state index contributed by atoms with van der Waals surface area (Å²) in [6.07, 6.45) is 4.52. The van der Waals surface area contributed by atoms with E-state index in [4.69, 9.17) is 16.3 Å². The van der Waals surface area contributed by atoms with Crippen LogP contribution in [0.3, 0.4) is 0 Å². The SMILES string of the molecule is COc1ccncc1CC(=O)c1cc(C(=O)c2c(F)cccc2Cl)c[nH]1. The van der Waals surface area contributed by atoms with Crippen molar-refractivity contribution in [1.82, 2.24) is 9.97 Å². The zero-order chi connectivity index (χ0) is 18.7. The number of nitrogens with one attached hydrogen (secondary N) is 1. The molecule has 0 aliphatic rings. The number of pyridine rings is 1. The minimum atomic E-state index is -0.711. The molecule has 1 N–H and O–H groups in total. The number of carbonyl (C=O) groups excluding carboxylic acids is 2. The molecular weight excluding hydrogens is 359 g/mol. The number of aromatic amines is 1. The van der Waals surface area contributed by atoms with Crippen molar-refractivity contribution in [3.05, 3.63) is 82.1 Å². The van der Waals surface area contributed by atoms with Gasteiger partial charge in [-0.15, -0.1) is 0 Å². The number of nitrogens with zero attached hydrogens (tertiary/aromatic N) is 1. The van der Waals surface area contributed by atoms with Gasteiger partial charge in [-0.25, -0.2) is 4.39 Å². The molecule has 7 heteroatoms. The van der Waals surface area contributed by atoms with Gasteiger partial charge in [0.15, 0.2) is 11.6 Å². The maximum Gasteiger partial charge on any atom is 0.199 e. The fourth-order valence-electron chi connectivity index (χ4n) is 2.56. The highest BCUT2D eigenvalue weighted by atomic mass is 35.5. The molecule has 2 heterocycles. The van der Waals surface area contributed by atoms with Crippen LogP contribution in [0.5, 0.6) is 5.75 Å². The van der Waals surface area contributed by atoms with E-state index in [1.165, 1.54) is 31.5 Å². The van der Waals surface area contributed by atoms with E-state index in [-0.39, 0.29) is 34.0 Å². The predicted octanol–water partition coefficient (Wildman–Crippen LogP) is 3.87. The van der Waals surface area contributed by atoms with Gasteiger partial charge in [0.1, 0.15) is 11.6 Å². The molecule has 1 aromatic carbocycles. The van der Waals surface area contributed by atoms with E-state index in [2.05, 4.69) is 9.97 Å². The summed E-state index contributed by atoms with van der Waals surface area (Å²) in [6, 6.07) is 7.06. The third-order valence-corrected chi connectivity index (χ3v) is 4.18. The van der Waals surface area contributed by atoms with Crippen molar-refractivity contribution in [3.63, 3.8) is 0 Å². The number of benzene rings is 1. The first-order valence-electron chi connectivity index (χ1n) is 7.68. The first-order valence-corrected chi connectivity index (χ1v) is 8.06. The molecule has 132 valence electrons. The molecular formula is C19H14ClFN2O3. The lowest BCUT2D eigenvalue weighted by Crippen LogP contribution is -2.06. The molecule has 3 aromatic rings. The molecule has 0 aliphatic heterocycles. The quantitative estimate of drug-likeness (QED) is 0.667. The van der Waals surface area contributed by atoms with Crippen LogP contribution in [0.4, 0.5) is 4.39 Å². The van der Waals surface area contributed by atoms with Crippen LogP contribution >= 0.6 is 11.6 Å². The molecule has 0 bridgehead atoms. The second-order valence-corrected chi connectivity index (χ2v) is 5.92. The van der Waals surface area contributed by atoms with Crippen LogP contribution in [0.2, 0.25) is 5.02 Å². The van der Waals surface area contributed by atoms with Crippen LogP contribution in [-0.4, -0.2) is 28.6 Å². The Kier molecular flexibility index (Phi) is 5.14. The van der Waals surface area contributed by atoms with E-state index in [1.807, 2.05) is 0 Å². The molecule has 0 atom stereocenters. The predicted molar refractivity (Wildman–Crippen MR) is 94.5 cm³/mol. The maximum atomic E-state index is 13.9. The Bertz CT molecular complexity index is 964. The number of ketones is 2. The van der Waals surface area contributed by atoms with Crippen LogP contribution in [0, 0.1) is 5.82 Å². The molecule has 0 saturated carbocycles. The standard InChI is InChI=1S/C19H14ClFN2O3/c1-26-17-5-6-22-9-11(17)8-16(24)15-7-12(10-23-15)19(25)18-13(20)3-2-4-14(18)21/h2-7,9-10,23H,8H2,1H3. The summed E-state index contributed by atoms with van der Waals surface area (Å²) >= 11 is 5.93. The van der Waals surface area contributed by atoms with Crippen LogP contribution in [0.15, 0.2) is 48.9 Å². The maximum absolute atomic E-state index is 13.9.